The third-order valence-corrected chi connectivity index (χ3v) is 3.98. The van der Waals surface area contributed by atoms with Gasteiger partial charge in [-0.2, -0.15) is 0 Å². The van der Waals surface area contributed by atoms with Crippen molar-refractivity contribution in [3.63, 3.8) is 0 Å². The Kier molecular flexibility index (Phi) is 7.19. The molecule has 0 saturated heterocycles. The lowest BCUT2D eigenvalue weighted by Crippen LogP contribution is -2.38. The van der Waals surface area contributed by atoms with Crippen molar-refractivity contribution in [2.24, 2.45) is 5.41 Å². The molecule has 0 amide bonds. The molecule has 1 rings (SSSR count). The molecule has 0 bridgehead atoms. The maximum atomic E-state index is 10.7. The van der Waals surface area contributed by atoms with Gasteiger partial charge in [0.2, 0.25) is 0 Å². The van der Waals surface area contributed by atoms with Gasteiger partial charge in [-0.15, -0.1) is 0 Å². The summed E-state index contributed by atoms with van der Waals surface area (Å²) in [6.45, 7) is 6.30. The highest BCUT2D eigenvalue weighted by atomic mass is 16.5. The predicted molar refractivity (Wildman–Crippen MR) is 81.9 cm³/mol. The van der Waals surface area contributed by atoms with Gasteiger partial charge in [0.1, 0.15) is 12.4 Å². The fourth-order valence-electron chi connectivity index (χ4n) is 2.07. The minimum absolute atomic E-state index is 0.0524. The average Bonchev–Trinajstić information content (AvgIpc) is 2.52. The van der Waals surface area contributed by atoms with Crippen LogP contribution in [0.3, 0.4) is 0 Å². The van der Waals surface area contributed by atoms with Gasteiger partial charge in [0.25, 0.3) is 0 Å². The molecule has 0 aliphatic heterocycles. The molecule has 0 radical (unpaired) electrons. The summed E-state index contributed by atoms with van der Waals surface area (Å²) in [7, 11) is 0. The second-order valence-corrected chi connectivity index (χ2v) is 5.22. The molecule has 5 nitrogen and oxygen atoms in total. The van der Waals surface area contributed by atoms with Crippen LogP contribution in [-0.4, -0.2) is 42.5 Å². The third-order valence-electron chi connectivity index (χ3n) is 3.98. The molecule has 0 aliphatic rings. The Morgan fingerprint density at radius 1 is 1.24 bits per heavy atom. The van der Waals surface area contributed by atoms with Crippen LogP contribution in [0, 0.1) is 5.41 Å². The highest BCUT2D eigenvalue weighted by molar-refractivity contribution is 5.87. The summed E-state index contributed by atoms with van der Waals surface area (Å²) in [5, 5.41) is 21.6. The Bertz CT molecular complexity index is 418. The Hall–Kier alpha value is -1.59. The lowest BCUT2D eigenvalue weighted by Gasteiger charge is -2.29. The molecular weight excluding hydrogens is 270 g/mol. The minimum Gasteiger partial charge on any atom is -0.492 e. The second kappa shape index (κ2) is 8.64. The normalized spacial score (nSPS) is 11.4. The molecule has 1 aromatic rings. The number of nitrogens with one attached hydrogen (secondary N) is 1. The number of carboxylic acids is 1. The van der Waals surface area contributed by atoms with Crippen LogP contribution >= 0.6 is 0 Å². The van der Waals surface area contributed by atoms with Crippen LogP contribution in [0.1, 0.15) is 37.0 Å². The second-order valence-electron chi connectivity index (χ2n) is 5.22. The van der Waals surface area contributed by atoms with E-state index in [4.69, 9.17) is 9.84 Å². The number of carbonyl (C=O) groups is 1. The number of hydrogen-bond donors (Lipinski definition) is 3. The molecule has 0 aromatic heterocycles. The van der Waals surface area contributed by atoms with E-state index in [2.05, 4.69) is 19.2 Å². The van der Waals surface area contributed by atoms with E-state index in [9.17, 15) is 9.90 Å². The zero-order valence-corrected chi connectivity index (χ0v) is 12.8. The third kappa shape index (κ3) is 5.36. The molecule has 3 N–H and O–H groups in total. The average molecular weight is 295 g/mol. The monoisotopic (exact) mass is 295 g/mol. The number of rotatable bonds is 10. The van der Waals surface area contributed by atoms with E-state index in [1.54, 1.807) is 12.1 Å². The molecule has 21 heavy (non-hydrogen) atoms. The van der Waals surface area contributed by atoms with Crippen molar-refractivity contribution in [3.05, 3.63) is 29.8 Å². The van der Waals surface area contributed by atoms with Gasteiger partial charge in [0, 0.05) is 25.1 Å². The molecule has 5 heteroatoms. The van der Waals surface area contributed by atoms with Gasteiger partial charge in [-0.05, 0) is 37.1 Å². The number of aliphatic hydroxyl groups excluding tert-OH is 1. The molecule has 0 fully saturated rings. The number of aromatic carboxylic acids is 1. The van der Waals surface area contributed by atoms with E-state index in [1.165, 1.54) is 12.1 Å². The van der Waals surface area contributed by atoms with Crippen molar-refractivity contribution in [2.45, 2.75) is 26.7 Å². The Morgan fingerprint density at radius 3 is 2.33 bits per heavy atom. The van der Waals surface area contributed by atoms with Crippen molar-refractivity contribution >= 4 is 5.97 Å². The predicted octanol–water partition coefficient (Wildman–Crippen LogP) is 2.15. The van der Waals surface area contributed by atoms with E-state index < -0.39 is 5.97 Å². The fourth-order valence-corrected chi connectivity index (χ4v) is 2.07. The smallest absolute Gasteiger partial charge is 0.335 e. The van der Waals surface area contributed by atoms with Crippen LogP contribution in [0.15, 0.2) is 24.3 Å². The largest absolute Gasteiger partial charge is 0.492 e. The first-order valence-corrected chi connectivity index (χ1v) is 7.34. The quantitative estimate of drug-likeness (QED) is 0.576. The summed E-state index contributed by atoms with van der Waals surface area (Å²) in [5.74, 6) is -0.288. The Balaban J connectivity index is 2.29. The van der Waals surface area contributed by atoms with Crippen LogP contribution in [0.2, 0.25) is 0 Å². The number of carboxylic acid groups (broad SMARTS) is 1. The summed E-state index contributed by atoms with van der Waals surface area (Å²) < 4.78 is 5.54. The number of benzene rings is 1. The van der Waals surface area contributed by atoms with Gasteiger partial charge in [-0.25, -0.2) is 4.79 Å². The fraction of sp³-hybridized carbons (Fsp3) is 0.562. The summed E-state index contributed by atoms with van der Waals surface area (Å²) in [5.41, 5.74) is 0.197. The van der Waals surface area contributed by atoms with Crippen LogP contribution in [0.5, 0.6) is 5.75 Å². The summed E-state index contributed by atoms with van der Waals surface area (Å²) in [6, 6.07) is 6.35. The van der Waals surface area contributed by atoms with Crippen molar-refractivity contribution in [1.82, 2.24) is 5.32 Å². The molecule has 1 aromatic carbocycles. The summed E-state index contributed by atoms with van der Waals surface area (Å²) in [4.78, 5) is 10.7. The zero-order valence-electron chi connectivity index (χ0n) is 12.8. The first-order chi connectivity index (χ1) is 10.1. The molecule has 0 aliphatic carbocycles. The molecule has 0 spiro atoms. The summed E-state index contributed by atoms with van der Waals surface area (Å²) in [6.07, 6.45) is 1.87. The van der Waals surface area contributed by atoms with Gasteiger partial charge in [0.15, 0.2) is 0 Å². The molecule has 0 atom stereocenters. The first-order valence-electron chi connectivity index (χ1n) is 7.34. The maximum Gasteiger partial charge on any atom is 0.335 e. The number of aliphatic hydroxyl groups is 1. The van der Waals surface area contributed by atoms with Gasteiger partial charge in [0.05, 0.1) is 5.56 Å². The van der Waals surface area contributed by atoms with Gasteiger partial charge >= 0.3 is 5.97 Å². The van der Waals surface area contributed by atoms with Crippen molar-refractivity contribution in [2.75, 3.05) is 26.3 Å². The van der Waals surface area contributed by atoms with Gasteiger partial charge < -0.3 is 20.3 Å². The number of hydrogen-bond acceptors (Lipinski definition) is 4. The molecule has 0 unspecified atom stereocenters. The Labute approximate surface area is 125 Å². The highest BCUT2D eigenvalue weighted by Crippen LogP contribution is 2.24. The maximum absolute atomic E-state index is 10.7. The molecule has 0 heterocycles. The first kappa shape index (κ1) is 17.5. The van der Waals surface area contributed by atoms with E-state index >= 15 is 0 Å². The van der Waals surface area contributed by atoms with E-state index in [1.807, 2.05) is 0 Å². The highest BCUT2D eigenvalue weighted by Gasteiger charge is 2.24. The topological polar surface area (TPSA) is 78.8 Å². The SMILES string of the molecule is CCC(CC)(CO)CNCCOc1ccc(C(=O)O)cc1. The summed E-state index contributed by atoms with van der Waals surface area (Å²) >= 11 is 0. The minimum atomic E-state index is -0.942. The van der Waals surface area contributed by atoms with Crippen LogP contribution in [0.4, 0.5) is 0 Å². The van der Waals surface area contributed by atoms with Crippen LogP contribution < -0.4 is 10.1 Å². The number of ether oxygens (including phenoxy) is 1. The van der Waals surface area contributed by atoms with E-state index in [0.29, 0.717) is 18.9 Å². The lowest BCUT2D eigenvalue weighted by molar-refractivity contribution is 0.0697. The van der Waals surface area contributed by atoms with E-state index in [0.717, 1.165) is 19.4 Å². The molecule has 118 valence electrons. The lowest BCUT2D eigenvalue weighted by atomic mass is 9.83. The Morgan fingerprint density at radius 2 is 1.86 bits per heavy atom. The van der Waals surface area contributed by atoms with Gasteiger partial charge in [-0.3, -0.25) is 0 Å². The van der Waals surface area contributed by atoms with Gasteiger partial charge in [-0.1, -0.05) is 13.8 Å². The van der Waals surface area contributed by atoms with Crippen molar-refractivity contribution in [1.29, 1.82) is 0 Å². The van der Waals surface area contributed by atoms with Crippen LogP contribution in [-0.2, 0) is 0 Å². The van der Waals surface area contributed by atoms with Crippen molar-refractivity contribution < 1.29 is 19.7 Å². The van der Waals surface area contributed by atoms with Crippen LogP contribution in [0.25, 0.3) is 0 Å². The zero-order chi connectivity index (χ0) is 15.7. The molecule has 0 saturated carbocycles. The standard InChI is InChI=1S/C16H25NO4/c1-3-16(4-2,12-18)11-17-9-10-21-14-7-5-13(6-8-14)15(19)20/h5-8,17-18H,3-4,9-12H2,1-2H3,(H,19,20). The molecular formula is C16H25NO4. The van der Waals surface area contributed by atoms with Crippen molar-refractivity contribution in [3.8, 4) is 5.75 Å². The van der Waals surface area contributed by atoms with E-state index in [-0.39, 0.29) is 17.6 Å².